The Morgan fingerprint density at radius 2 is 0.574 bits per heavy atom. The lowest BCUT2D eigenvalue weighted by molar-refractivity contribution is -0.167. The van der Waals surface area contributed by atoms with Crippen LogP contribution in [0.25, 0.3) is 0 Å². The third-order valence-corrected chi connectivity index (χ3v) is 11.5. The van der Waals surface area contributed by atoms with E-state index >= 15 is 0 Å². The van der Waals surface area contributed by atoms with Crippen molar-refractivity contribution in [2.45, 2.75) is 239 Å². The molecule has 0 aromatic carbocycles. The van der Waals surface area contributed by atoms with Crippen molar-refractivity contribution in [1.82, 2.24) is 0 Å². The lowest BCUT2D eigenvalue weighted by atomic mass is 10.0. The number of allylic oxidation sites excluding steroid dienone is 20. The van der Waals surface area contributed by atoms with Gasteiger partial charge in [0.15, 0.2) is 6.10 Å². The van der Waals surface area contributed by atoms with E-state index in [1.54, 1.807) is 0 Å². The highest BCUT2D eigenvalue weighted by Gasteiger charge is 2.19. The first-order valence-corrected chi connectivity index (χ1v) is 27.7. The summed E-state index contributed by atoms with van der Waals surface area (Å²) in [5.74, 6) is -0.975. The van der Waals surface area contributed by atoms with Crippen molar-refractivity contribution in [3.05, 3.63) is 122 Å². The third kappa shape index (κ3) is 52.8. The highest BCUT2D eigenvalue weighted by molar-refractivity contribution is 5.71. The minimum Gasteiger partial charge on any atom is -0.462 e. The molecule has 6 heteroatoms. The van der Waals surface area contributed by atoms with Gasteiger partial charge in [0.2, 0.25) is 0 Å². The van der Waals surface area contributed by atoms with E-state index in [4.69, 9.17) is 14.2 Å². The van der Waals surface area contributed by atoms with E-state index in [2.05, 4.69) is 63.3 Å². The largest absolute Gasteiger partial charge is 0.462 e. The molecule has 384 valence electrons. The van der Waals surface area contributed by atoms with Gasteiger partial charge in [0.25, 0.3) is 0 Å². The van der Waals surface area contributed by atoms with Crippen LogP contribution in [0.1, 0.15) is 233 Å². The number of hydrogen-bond acceptors (Lipinski definition) is 6. The minimum absolute atomic E-state index is 0.106. The van der Waals surface area contributed by atoms with Crippen molar-refractivity contribution in [3.63, 3.8) is 0 Å². The maximum absolute atomic E-state index is 12.8. The predicted octanol–water partition coefficient (Wildman–Crippen LogP) is 18.5. The van der Waals surface area contributed by atoms with Crippen LogP contribution in [0.4, 0.5) is 0 Å². The molecule has 0 fully saturated rings. The molecule has 0 aromatic rings. The number of unbranched alkanes of at least 4 members (excludes halogenated alkanes) is 25. The van der Waals surface area contributed by atoms with Gasteiger partial charge < -0.3 is 14.2 Å². The van der Waals surface area contributed by atoms with Crippen molar-refractivity contribution < 1.29 is 28.6 Å². The molecule has 0 saturated carbocycles. The summed E-state index contributed by atoms with van der Waals surface area (Å²) in [6.07, 6.45) is 76.1. The fourth-order valence-electron chi connectivity index (χ4n) is 7.37. The summed E-state index contributed by atoms with van der Waals surface area (Å²) in [5, 5.41) is 0. The molecule has 0 rings (SSSR count). The van der Waals surface area contributed by atoms with Gasteiger partial charge in [-0.25, -0.2) is 0 Å². The summed E-state index contributed by atoms with van der Waals surface area (Å²) >= 11 is 0. The number of carbonyl (C=O) groups is 3. The van der Waals surface area contributed by atoms with E-state index in [0.29, 0.717) is 19.3 Å². The average Bonchev–Trinajstić information content (AvgIpc) is 3.34. The first-order valence-electron chi connectivity index (χ1n) is 27.7. The van der Waals surface area contributed by atoms with Crippen LogP contribution in [-0.4, -0.2) is 37.2 Å². The lowest BCUT2D eigenvalue weighted by Crippen LogP contribution is -2.30. The monoisotopic (exact) mass is 941 g/mol. The molecule has 0 amide bonds. The normalized spacial score (nSPS) is 13.0. The van der Waals surface area contributed by atoms with Gasteiger partial charge in [-0.1, -0.05) is 277 Å². The molecule has 0 aliphatic carbocycles. The van der Waals surface area contributed by atoms with E-state index in [9.17, 15) is 14.4 Å². The molecule has 0 N–H and O–H groups in total. The smallest absolute Gasteiger partial charge is 0.306 e. The summed E-state index contributed by atoms with van der Waals surface area (Å²) in [6, 6.07) is 0. The van der Waals surface area contributed by atoms with E-state index in [1.165, 1.54) is 96.3 Å². The third-order valence-electron chi connectivity index (χ3n) is 11.5. The van der Waals surface area contributed by atoms with Crippen LogP contribution in [0.2, 0.25) is 0 Å². The molecule has 0 bridgehead atoms. The van der Waals surface area contributed by atoms with Crippen LogP contribution < -0.4 is 0 Å². The van der Waals surface area contributed by atoms with Crippen molar-refractivity contribution in [1.29, 1.82) is 0 Å². The van der Waals surface area contributed by atoms with Gasteiger partial charge in [-0.15, -0.1) is 0 Å². The van der Waals surface area contributed by atoms with E-state index in [-0.39, 0.29) is 37.5 Å². The predicted molar refractivity (Wildman–Crippen MR) is 293 cm³/mol. The second kappa shape index (κ2) is 55.4. The van der Waals surface area contributed by atoms with E-state index in [0.717, 1.165) is 89.9 Å². The number of carbonyl (C=O) groups excluding carboxylic acids is 3. The Hall–Kier alpha value is -4.19. The molecule has 0 aliphatic rings. The maximum atomic E-state index is 12.8. The van der Waals surface area contributed by atoms with Crippen molar-refractivity contribution >= 4 is 17.9 Å². The Morgan fingerprint density at radius 1 is 0.309 bits per heavy atom. The lowest BCUT2D eigenvalue weighted by Gasteiger charge is -2.18. The van der Waals surface area contributed by atoms with Crippen LogP contribution in [0, 0.1) is 0 Å². The summed E-state index contributed by atoms with van der Waals surface area (Å²) in [5.41, 5.74) is 0. The standard InChI is InChI=1S/C62H100O6/c1-4-7-10-13-16-19-22-25-28-30-32-34-37-40-43-46-49-52-55-61(64)67-58-59(57-66-60(63)54-51-48-45-42-39-36-33-27-24-21-18-15-12-9-6-3)68-62(65)56-53-50-47-44-41-38-35-31-29-26-23-20-17-14-11-8-5-2/h8-9,11-12,14-15,17-18,20-21,23-24,26-27,29,31,33,35,38,41,59H,4-7,10,13,16,19,22,25,28,30,32,34,36-37,39-40,42-58H2,1-3H3/b11-8-,12-9-,17-14-,18-15-,23-20-,24-21-,29-26-,33-27-,35-31+,41-38-. The number of esters is 3. The maximum Gasteiger partial charge on any atom is 0.306 e. The topological polar surface area (TPSA) is 78.9 Å². The Bertz CT molecular complexity index is 1450. The van der Waals surface area contributed by atoms with Gasteiger partial charge in [0.1, 0.15) is 13.2 Å². The molecule has 0 aromatic heterocycles. The van der Waals surface area contributed by atoms with Gasteiger partial charge in [0.05, 0.1) is 0 Å². The van der Waals surface area contributed by atoms with Crippen LogP contribution in [0.15, 0.2) is 122 Å². The van der Waals surface area contributed by atoms with Crippen LogP contribution in [-0.2, 0) is 28.6 Å². The molecule has 1 unspecified atom stereocenters. The van der Waals surface area contributed by atoms with Gasteiger partial charge >= 0.3 is 17.9 Å². The second-order valence-corrected chi connectivity index (χ2v) is 18.0. The zero-order valence-electron chi connectivity index (χ0n) is 43.8. The van der Waals surface area contributed by atoms with Crippen LogP contribution in [0.3, 0.4) is 0 Å². The van der Waals surface area contributed by atoms with Crippen molar-refractivity contribution in [2.24, 2.45) is 0 Å². The van der Waals surface area contributed by atoms with Crippen molar-refractivity contribution in [3.8, 4) is 0 Å². The zero-order chi connectivity index (χ0) is 49.3. The van der Waals surface area contributed by atoms with E-state index < -0.39 is 6.10 Å². The van der Waals surface area contributed by atoms with Crippen LogP contribution in [0.5, 0.6) is 0 Å². The summed E-state index contributed by atoms with van der Waals surface area (Å²) in [7, 11) is 0. The van der Waals surface area contributed by atoms with Crippen LogP contribution >= 0.6 is 0 Å². The molecule has 0 saturated heterocycles. The number of rotatable bonds is 48. The second-order valence-electron chi connectivity index (χ2n) is 18.0. The summed E-state index contributed by atoms with van der Waals surface area (Å²) < 4.78 is 16.8. The first kappa shape index (κ1) is 63.8. The molecule has 0 radical (unpaired) electrons. The number of hydrogen-bond donors (Lipinski definition) is 0. The molecular formula is C62H100O6. The Kier molecular flexibility index (Phi) is 52.0. The summed E-state index contributed by atoms with van der Waals surface area (Å²) in [6.45, 7) is 6.30. The Balaban J connectivity index is 4.51. The molecule has 0 spiro atoms. The SMILES string of the molecule is CC\C=C/C=C\C=C/C=C\C=C\C=C/CCCCCC(=O)OC(COC(=O)CCCCCCC\C=C/C=C\C=C/C=C\CC)COC(=O)CCCCCCCCCCCCCCCCCCCC. The minimum atomic E-state index is -0.814. The Labute approximate surface area is 418 Å². The fraction of sp³-hybridized carbons (Fsp3) is 0.629. The first-order chi connectivity index (χ1) is 33.5. The average molecular weight is 941 g/mol. The molecule has 6 nitrogen and oxygen atoms in total. The Morgan fingerprint density at radius 3 is 0.912 bits per heavy atom. The van der Waals surface area contributed by atoms with Gasteiger partial charge in [0, 0.05) is 19.3 Å². The highest BCUT2D eigenvalue weighted by Crippen LogP contribution is 2.16. The van der Waals surface area contributed by atoms with Gasteiger partial charge in [-0.2, -0.15) is 0 Å². The zero-order valence-corrected chi connectivity index (χ0v) is 43.8. The summed E-state index contributed by atoms with van der Waals surface area (Å²) in [4.78, 5) is 38.1. The van der Waals surface area contributed by atoms with E-state index in [1.807, 2.05) is 79.0 Å². The van der Waals surface area contributed by atoms with Gasteiger partial charge in [-0.05, 0) is 57.8 Å². The quantitative estimate of drug-likeness (QED) is 0.0262. The molecule has 68 heavy (non-hydrogen) atoms. The fourth-order valence-corrected chi connectivity index (χ4v) is 7.37. The molecule has 1 atom stereocenters. The van der Waals surface area contributed by atoms with Crippen molar-refractivity contribution in [2.75, 3.05) is 13.2 Å². The number of ether oxygens (including phenoxy) is 3. The molecule has 0 aliphatic heterocycles. The van der Waals surface area contributed by atoms with Gasteiger partial charge in [-0.3, -0.25) is 14.4 Å². The molecular weight excluding hydrogens is 841 g/mol. The molecule has 0 heterocycles. The highest BCUT2D eigenvalue weighted by atomic mass is 16.6.